The topological polar surface area (TPSA) is 114 Å². The highest BCUT2D eigenvalue weighted by Gasteiger charge is 2.22. The van der Waals surface area contributed by atoms with Crippen molar-refractivity contribution in [1.29, 1.82) is 0 Å². The van der Waals surface area contributed by atoms with Crippen molar-refractivity contribution in [2.24, 2.45) is 0 Å². The number of pyridine rings is 1. The Labute approximate surface area is 220 Å². The fraction of sp³-hybridized carbons (Fsp3) is 0.227. The number of nitrogens with zero attached hydrogens (tertiary/aromatic N) is 10. The molecule has 11 nitrogen and oxygen atoms in total. The molecule has 4 aromatic heterocycles. The Morgan fingerprint density at radius 2 is 1.79 bits per heavy atom. The van der Waals surface area contributed by atoms with Gasteiger partial charge in [0.15, 0.2) is 5.82 Å². The van der Waals surface area contributed by atoms with Gasteiger partial charge in [0.2, 0.25) is 0 Å². The van der Waals surface area contributed by atoms with Crippen molar-refractivity contribution in [2.75, 3.05) is 6.61 Å². The number of aromatic nitrogens is 10. The third-order valence-electron chi connectivity index (χ3n) is 5.65. The summed E-state index contributed by atoms with van der Waals surface area (Å²) in [6.07, 6.45) is 6.63. The maximum absolute atomic E-state index is 15.1. The van der Waals surface area contributed by atoms with Crippen molar-refractivity contribution in [3.63, 3.8) is 0 Å². The van der Waals surface area contributed by atoms with E-state index >= 15 is 4.39 Å². The van der Waals surface area contributed by atoms with E-state index in [1.165, 1.54) is 40.3 Å². The molecule has 0 radical (unpaired) electrons. The Balaban J connectivity index is 1.48. The standard InChI is InChI=1S/C22H16ClF5N10O/c23-14-2-4-18(38-11-30-33-35-38)19(20(14)24)12-1-3-15(29-7-12)17(5-6-39-22(27)28)36-9-13(8-31-36)16-10-37(21(25)26)34-32-16/h1-4,7-11,17,21-22H,5-6H2. The second-order valence-corrected chi connectivity index (χ2v) is 8.40. The molecule has 0 spiro atoms. The van der Waals surface area contributed by atoms with Gasteiger partial charge < -0.3 is 4.74 Å². The minimum absolute atomic E-state index is 0.0307. The molecule has 4 heterocycles. The summed E-state index contributed by atoms with van der Waals surface area (Å²) in [7, 11) is 0. The van der Waals surface area contributed by atoms with Crippen LogP contribution in [0, 0.1) is 5.82 Å². The van der Waals surface area contributed by atoms with Crippen molar-refractivity contribution >= 4 is 11.6 Å². The monoisotopic (exact) mass is 566 g/mol. The first-order chi connectivity index (χ1) is 18.8. The lowest BCUT2D eigenvalue weighted by atomic mass is 10.0. The summed E-state index contributed by atoms with van der Waals surface area (Å²) in [5, 5.41) is 22.1. The second-order valence-electron chi connectivity index (χ2n) is 7.99. The molecular weight excluding hydrogens is 551 g/mol. The molecule has 202 valence electrons. The molecule has 5 aromatic rings. The van der Waals surface area contributed by atoms with Crippen LogP contribution in [-0.4, -0.2) is 63.2 Å². The Morgan fingerprint density at radius 3 is 2.46 bits per heavy atom. The zero-order valence-corrected chi connectivity index (χ0v) is 20.2. The lowest BCUT2D eigenvalue weighted by Crippen LogP contribution is -2.16. The van der Waals surface area contributed by atoms with Crippen molar-refractivity contribution in [1.82, 2.24) is 50.0 Å². The van der Waals surface area contributed by atoms with Crippen LogP contribution in [0.5, 0.6) is 0 Å². The summed E-state index contributed by atoms with van der Waals surface area (Å²) in [5.74, 6) is -0.713. The van der Waals surface area contributed by atoms with E-state index in [2.05, 4.69) is 40.7 Å². The van der Waals surface area contributed by atoms with Gasteiger partial charge in [-0.05, 0) is 35.0 Å². The molecule has 39 heavy (non-hydrogen) atoms. The fourth-order valence-corrected chi connectivity index (χ4v) is 4.02. The van der Waals surface area contributed by atoms with Crippen molar-refractivity contribution in [3.05, 3.63) is 71.9 Å². The molecule has 5 rings (SSSR count). The molecule has 0 aliphatic heterocycles. The number of hydrogen-bond donors (Lipinski definition) is 0. The normalized spacial score (nSPS) is 12.5. The molecule has 1 unspecified atom stereocenters. The summed E-state index contributed by atoms with van der Waals surface area (Å²) >= 11 is 6.02. The van der Waals surface area contributed by atoms with Crippen LogP contribution in [0.1, 0.15) is 24.7 Å². The summed E-state index contributed by atoms with van der Waals surface area (Å²) in [5.41, 5.74) is 1.64. The average molecular weight is 567 g/mol. The number of tetrazole rings is 1. The van der Waals surface area contributed by atoms with Crippen LogP contribution in [0.25, 0.3) is 28.1 Å². The summed E-state index contributed by atoms with van der Waals surface area (Å²) < 4.78 is 73.7. The first kappa shape index (κ1) is 26.3. The van der Waals surface area contributed by atoms with E-state index in [4.69, 9.17) is 11.6 Å². The van der Waals surface area contributed by atoms with Crippen molar-refractivity contribution in [2.45, 2.75) is 25.6 Å². The van der Waals surface area contributed by atoms with Gasteiger partial charge in [0.1, 0.15) is 12.0 Å². The lowest BCUT2D eigenvalue weighted by Gasteiger charge is -2.18. The first-order valence-electron chi connectivity index (χ1n) is 11.1. The van der Waals surface area contributed by atoms with Crippen LogP contribution in [-0.2, 0) is 4.74 Å². The van der Waals surface area contributed by atoms with E-state index in [1.54, 1.807) is 18.2 Å². The highest BCUT2D eigenvalue weighted by molar-refractivity contribution is 6.31. The van der Waals surface area contributed by atoms with Crippen molar-refractivity contribution < 1.29 is 26.7 Å². The van der Waals surface area contributed by atoms with Gasteiger partial charge in [0.25, 0.3) is 0 Å². The minimum Gasteiger partial charge on any atom is -0.323 e. The van der Waals surface area contributed by atoms with E-state index < -0.39 is 25.0 Å². The van der Waals surface area contributed by atoms with Crippen LogP contribution in [0.15, 0.2) is 55.4 Å². The third-order valence-corrected chi connectivity index (χ3v) is 5.94. The Hall–Kier alpha value is -4.31. The van der Waals surface area contributed by atoms with E-state index in [-0.39, 0.29) is 29.3 Å². The molecule has 0 aliphatic rings. The highest BCUT2D eigenvalue weighted by atomic mass is 35.5. The van der Waals surface area contributed by atoms with E-state index in [1.807, 2.05) is 0 Å². The molecule has 17 heteroatoms. The Morgan fingerprint density at radius 1 is 0.949 bits per heavy atom. The summed E-state index contributed by atoms with van der Waals surface area (Å²) in [6.45, 7) is -6.18. The van der Waals surface area contributed by atoms with Gasteiger partial charge in [-0.2, -0.15) is 32.0 Å². The zero-order valence-electron chi connectivity index (χ0n) is 19.5. The van der Waals surface area contributed by atoms with Crippen LogP contribution >= 0.6 is 11.6 Å². The molecule has 0 bridgehead atoms. The van der Waals surface area contributed by atoms with Crippen LogP contribution in [0.2, 0.25) is 5.02 Å². The maximum atomic E-state index is 15.1. The van der Waals surface area contributed by atoms with Gasteiger partial charge in [-0.15, -0.1) is 10.2 Å². The van der Waals surface area contributed by atoms with E-state index in [0.717, 1.165) is 6.20 Å². The number of alkyl halides is 4. The number of benzene rings is 1. The molecule has 1 aromatic carbocycles. The lowest BCUT2D eigenvalue weighted by molar-refractivity contribution is -0.130. The number of halogens is 6. The first-order valence-corrected chi connectivity index (χ1v) is 11.5. The highest BCUT2D eigenvalue weighted by Crippen LogP contribution is 2.34. The quantitative estimate of drug-likeness (QED) is 0.226. The van der Waals surface area contributed by atoms with Gasteiger partial charge in [-0.25, -0.2) is 4.39 Å². The Bertz CT molecular complexity index is 1540. The van der Waals surface area contributed by atoms with Crippen LogP contribution < -0.4 is 0 Å². The Kier molecular flexibility index (Phi) is 7.56. The van der Waals surface area contributed by atoms with Gasteiger partial charge in [0, 0.05) is 29.1 Å². The van der Waals surface area contributed by atoms with Gasteiger partial charge in [0.05, 0.1) is 41.4 Å². The predicted octanol–water partition coefficient (Wildman–Crippen LogP) is 4.59. The molecule has 0 amide bonds. The summed E-state index contributed by atoms with van der Waals surface area (Å²) in [4.78, 5) is 4.43. The number of ether oxygens (including phenoxy) is 1. The molecule has 0 saturated heterocycles. The molecule has 0 aliphatic carbocycles. The fourth-order valence-electron chi connectivity index (χ4n) is 3.86. The summed E-state index contributed by atoms with van der Waals surface area (Å²) in [6, 6.07) is 5.35. The SMILES string of the molecule is Fc1c(Cl)ccc(-n2cnnn2)c1-c1ccc(C(CCOC(F)F)n2cc(-c3cn(C(F)F)nn3)cn2)nc1. The van der Waals surface area contributed by atoms with Crippen LogP contribution in [0.3, 0.4) is 0 Å². The molecular formula is C22H16ClF5N10O. The minimum atomic E-state index is -2.98. The average Bonchev–Trinajstić information content (AvgIpc) is 3.70. The predicted molar refractivity (Wildman–Crippen MR) is 125 cm³/mol. The van der Waals surface area contributed by atoms with E-state index in [0.29, 0.717) is 27.2 Å². The third kappa shape index (κ3) is 5.61. The van der Waals surface area contributed by atoms with Gasteiger partial charge >= 0.3 is 13.2 Å². The van der Waals surface area contributed by atoms with Crippen LogP contribution in [0.4, 0.5) is 22.0 Å². The zero-order chi connectivity index (χ0) is 27.5. The molecule has 0 fully saturated rings. The smallest absolute Gasteiger partial charge is 0.323 e. The second kappa shape index (κ2) is 11.2. The largest absolute Gasteiger partial charge is 0.345 e. The maximum Gasteiger partial charge on any atom is 0.345 e. The molecule has 0 saturated carbocycles. The number of rotatable bonds is 10. The van der Waals surface area contributed by atoms with Gasteiger partial charge in [-0.3, -0.25) is 9.67 Å². The van der Waals surface area contributed by atoms with Crippen molar-refractivity contribution in [3.8, 4) is 28.1 Å². The van der Waals surface area contributed by atoms with E-state index in [9.17, 15) is 17.6 Å². The molecule has 0 N–H and O–H groups in total. The van der Waals surface area contributed by atoms with Gasteiger partial charge in [-0.1, -0.05) is 22.9 Å². The molecule has 1 atom stereocenters. The number of hydrogen-bond acceptors (Lipinski definition) is 8.